The Bertz CT molecular complexity index is 1480. The lowest BCUT2D eigenvalue weighted by molar-refractivity contribution is 0.0860. The Morgan fingerprint density at radius 1 is 1.17 bits per heavy atom. The highest BCUT2D eigenvalue weighted by molar-refractivity contribution is 6.09. The normalized spacial score (nSPS) is 18.1. The summed E-state index contributed by atoms with van der Waals surface area (Å²) in [6.07, 6.45) is 8.72. The molecule has 1 N–H and O–H groups in total. The molecule has 0 aliphatic heterocycles. The van der Waals surface area contributed by atoms with Gasteiger partial charge in [0.2, 0.25) is 11.8 Å². The number of rotatable bonds is 6. The van der Waals surface area contributed by atoms with Crippen LogP contribution >= 0.6 is 0 Å². The summed E-state index contributed by atoms with van der Waals surface area (Å²) in [5, 5.41) is 26.9. The van der Waals surface area contributed by atoms with Crippen LogP contribution in [-0.2, 0) is 0 Å². The number of benzene rings is 1. The van der Waals surface area contributed by atoms with Crippen LogP contribution in [0.25, 0.3) is 28.9 Å². The molecule has 0 unspecified atom stereocenters. The van der Waals surface area contributed by atoms with Crippen LogP contribution in [0.1, 0.15) is 71.1 Å². The van der Waals surface area contributed by atoms with Gasteiger partial charge in [-0.25, -0.2) is 0 Å². The van der Waals surface area contributed by atoms with Gasteiger partial charge in [-0.05, 0) is 80.5 Å². The van der Waals surface area contributed by atoms with Crippen molar-refractivity contribution < 1.29 is 14.3 Å². The van der Waals surface area contributed by atoms with E-state index in [9.17, 15) is 15.2 Å². The largest absolute Gasteiger partial charge is 0.422 e. The second kappa shape index (κ2) is 9.88. The Morgan fingerprint density at radius 3 is 2.58 bits per heavy atom. The van der Waals surface area contributed by atoms with Crippen molar-refractivity contribution in [2.75, 3.05) is 0 Å². The molecule has 0 amide bonds. The van der Waals surface area contributed by atoms with Crippen molar-refractivity contribution in [1.82, 2.24) is 19.7 Å². The Labute approximate surface area is 208 Å². The molecule has 0 atom stereocenters. The Morgan fingerprint density at radius 2 is 1.92 bits per heavy atom. The average Bonchev–Trinajstić information content (AvgIpc) is 3.43. The van der Waals surface area contributed by atoms with Gasteiger partial charge < -0.3 is 14.1 Å². The van der Waals surface area contributed by atoms with Crippen LogP contribution < -0.4 is 0 Å². The minimum absolute atomic E-state index is 0.0726. The standard InChI is InChI=1S/C28H27N5O3/c1-17-27(25(35)14-19-5-10-23(34)11-6-19)28-24(33(17)22-8-3-20(15-29)4-9-22)13-21(16-30-28)7-12-26-32-31-18(2)36-26/h3-4,7-9,12-13,16,19,23,34H,5-6,10-11,14H2,1-2H3/b12-7+. The number of hydrogen-bond donors (Lipinski definition) is 1. The summed E-state index contributed by atoms with van der Waals surface area (Å²) in [4.78, 5) is 18.3. The number of aromatic nitrogens is 4. The third-order valence-electron chi connectivity index (χ3n) is 6.85. The van der Waals surface area contributed by atoms with Crippen LogP contribution in [0, 0.1) is 31.1 Å². The van der Waals surface area contributed by atoms with Crippen molar-refractivity contribution >= 4 is 29.0 Å². The molecule has 8 heteroatoms. The highest BCUT2D eigenvalue weighted by Crippen LogP contribution is 2.33. The van der Waals surface area contributed by atoms with Gasteiger partial charge in [-0.1, -0.05) is 0 Å². The highest BCUT2D eigenvalue weighted by atomic mass is 16.4. The number of hydrogen-bond acceptors (Lipinski definition) is 7. The van der Waals surface area contributed by atoms with Gasteiger partial charge in [-0.15, -0.1) is 10.2 Å². The quantitative estimate of drug-likeness (QED) is 0.376. The summed E-state index contributed by atoms with van der Waals surface area (Å²) >= 11 is 0. The molecule has 36 heavy (non-hydrogen) atoms. The molecule has 4 aromatic rings. The second-order valence-electron chi connectivity index (χ2n) is 9.39. The molecule has 3 heterocycles. The lowest BCUT2D eigenvalue weighted by atomic mass is 9.83. The molecule has 3 aromatic heterocycles. The molecule has 0 saturated heterocycles. The highest BCUT2D eigenvalue weighted by Gasteiger charge is 2.27. The van der Waals surface area contributed by atoms with E-state index in [2.05, 4.69) is 16.3 Å². The summed E-state index contributed by atoms with van der Waals surface area (Å²) in [6.45, 7) is 3.67. The third kappa shape index (κ3) is 4.70. The van der Waals surface area contributed by atoms with E-state index in [0.717, 1.165) is 48.1 Å². The van der Waals surface area contributed by atoms with Crippen LogP contribution in [0.2, 0.25) is 0 Å². The number of fused-ring (bicyclic) bond motifs is 1. The first-order chi connectivity index (χ1) is 17.4. The van der Waals surface area contributed by atoms with Crippen molar-refractivity contribution in [2.24, 2.45) is 5.92 Å². The number of aryl methyl sites for hydroxylation is 1. The molecule has 5 rings (SSSR count). The van der Waals surface area contributed by atoms with Crippen LogP contribution in [-0.4, -0.2) is 36.7 Å². The predicted octanol–water partition coefficient (Wildman–Crippen LogP) is 5.19. The van der Waals surface area contributed by atoms with Gasteiger partial charge in [0, 0.05) is 37.0 Å². The maximum Gasteiger partial charge on any atom is 0.240 e. The first-order valence-corrected chi connectivity index (χ1v) is 12.1. The average molecular weight is 482 g/mol. The molecule has 1 aromatic carbocycles. The molecule has 1 fully saturated rings. The maximum absolute atomic E-state index is 13.6. The van der Waals surface area contributed by atoms with Gasteiger partial charge >= 0.3 is 0 Å². The van der Waals surface area contributed by atoms with Crippen LogP contribution in [0.15, 0.2) is 40.9 Å². The molecule has 1 saturated carbocycles. The zero-order valence-electron chi connectivity index (χ0n) is 20.3. The molecule has 0 radical (unpaired) electrons. The fourth-order valence-electron chi connectivity index (χ4n) is 5.00. The molecule has 1 aliphatic carbocycles. The monoisotopic (exact) mass is 481 g/mol. The number of nitrogens with zero attached hydrogens (tertiary/aromatic N) is 5. The molecule has 182 valence electrons. The zero-order valence-corrected chi connectivity index (χ0v) is 20.3. The summed E-state index contributed by atoms with van der Waals surface area (Å²) in [5.41, 5.74) is 5.16. The number of ketones is 1. The summed E-state index contributed by atoms with van der Waals surface area (Å²) in [5.74, 6) is 1.24. The number of aliphatic hydroxyl groups is 1. The van der Waals surface area contributed by atoms with E-state index in [1.807, 2.05) is 35.8 Å². The zero-order chi connectivity index (χ0) is 25.2. The number of aliphatic hydroxyl groups excluding tert-OH is 1. The Kier molecular flexibility index (Phi) is 6.49. The lowest BCUT2D eigenvalue weighted by Gasteiger charge is -2.24. The van der Waals surface area contributed by atoms with Crippen molar-refractivity contribution in [1.29, 1.82) is 5.26 Å². The van der Waals surface area contributed by atoms with Gasteiger partial charge in [-0.2, -0.15) is 5.26 Å². The van der Waals surface area contributed by atoms with Gasteiger partial charge in [-0.3, -0.25) is 9.78 Å². The maximum atomic E-state index is 13.6. The van der Waals surface area contributed by atoms with Gasteiger partial charge in [0.05, 0.1) is 34.3 Å². The Hall–Kier alpha value is -4.09. The predicted molar refractivity (Wildman–Crippen MR) is 135 cm³/mol. The summed E-state index contributed by atoms with van der Waals surface area (Å²) in [6, 6.07) is 11.4. The van der Waals surface area contributed by atoms with E-state index >= 15 is 0 Å². The third-order valence-corrected chi connectivity index (χ3v) is 6.85. The fourth-order valence-corrected chi connectivity index (χ4v) is 5.00. The van der Waals surface area contributed by atoms with Crippen LogP contribution in [0.5, 0.6) is 0 Å². The molecule has 0 spiro atoms. The Balaban J connectivity index is 1.57. The van der Waals surface area contributed by atoms with Crippen molar-refractivity contribution in [3.05, 3.63) is 70.7 Å². The van der Waals surface area contributed by atoms with E-state index in [1.54, 1.807) is 31.3 Å². The minimum atomic E-state index is -0.249. The first-order valence-electron chi connectivity index (χ1n) is 12.1. The number of carbonyl (C=O) groups is 1. The van der Waals surface area contributed by atoms with Gasteiger partial charge in [0.15, 0.2) is 5.78 Å². The van der Waals surface area contributed by atoms with Crippen LogP contribution in [0.3, 0.4) is 0 Å². The number of carbonyl (C=O) groups excluding carboxylic acids is 1. The van der Waals surface area contributed by atoms with Crippen LogP contribution in [0.4, 0.5) is 0 Å². The van der Waals surface area contributed by atoms with E-state index < -0.39 is 0 Å². The van der Waals surface area contributed by atoms with E-state index in [-0.39, 0.29) is 17.8 Å². The van der Waals surface area contributed by atoms with Crippen molar-refractivity contribution in [3.8, 4) is 11.8 Å². The molecule has 0 bridgehead atoms. The number of pyridine rings is 1. The lowest BCUT2D eigenvalue weighted by Crippen LogP contribution is -2.20. The molecule has 8 nitrogen and oxygen atoms in total. The van der Waals surface area contributed by atoms with Crippen molar-refractivity contribution in [3.63, 3.8) is 0 Å². The van der Waals surface area contributed by atoms with E-state index in [1.165, 1.54) is 0 Å². The van der Waals surface area contributed by atoms with Gasteiger partial charge in [0.1, 0.15) is 0 Å². The minimum Gasteiger partial charge on any atom is -0.422 e. The van der Waals surface area contributed by atoms with Crippen molar-refractivity contribution in [2.45, 2.75) is 52.1 Å². The number of Topliss-reactive ketones (excluding diaryl/α,β-unsaturated/α-hetero) is 1. The molecular formula is C28H27N5O3. The first kappa shape index (κ1) is 23.6. The van der Waals surface area contributed by atoms with E-state index in [4.69, 9.17) is 9.40 Å². The second-order valence-corrected chi connectivity index (χ2v) is 9.39. The smallest absolute Gasteiger partial charge is 0.240 e. The molecular weight excluding hydrogens is 454 g/mol. The number of nitriles is 1. The summed E-state index contributed by atoms with van der Waals surface area (Å²) < 4.78 is 7.44. The topological polar surface area (TPSA) is 118 Å². The van der Waals surface area contributed by atoms with E-state index in [0.29, 0.717) is 34.8 Å². The molecule has 1 aliphatic rings. The van der Waals surface area contributed by atoms with Gasteiger partial charge in [0.25, 0.3) is 0 Å². The fraction of sp³-hybridized carbons (Fsp3) is 0.321. The SMILES string of the molecule is Cc1nnc(/C=C/c2cnc3c(C(=O)CC4CCC(O)CC4)c(C)n(-c4ccc(C#N)cc4)c3c2)o1. The summed E-state index contributed by atoms with van der Waals surface area (Å²) in [7, 11) is 0.